The van der Waals surface area contributed by atoms with Crippen LogP contribution < -0.4 is 5.32 Å². The molecule has 0 aromatic carbocycles. The highest BCUT2D eigenvalue weighted by atomic mass is 16.5. The molecule has 0 unspecified atom stereocenters. The number of nitrogens with zero attached hydrogens (tertiary/aromatic N) is 3. The summed E-state index contributed by atoms with van der Waals surface area (Å²) < 4.78 is 6.04. The molecule has 7 heteroatoms. The average Bonchev–Trinajstić information content (AvgIpc) is 2.79. The van der Waals surface area contributed by atoms with Gasteiger partial charge in [0.2, 0.25) is 0 Å². The second kappa shape index (κ2) is 5.05. The van der Waals surface area contributed by atoms with Crippen molar-refractivity contribution in [3.05, 3.63) is 29.2 Å². The van der Waals surface area contributed by atoms with Gasteiger partial charge in [-0.05, 0) is 19.9 Å². The number of methoxy groups -OCH3 is 1. The minimum Gasteiger partial charge on any atom is -0.468 e. The highest BCUT2D eigenvalue weighted by Crippen LogP contribution is 2.11. The zero-order valence-corrected chi connectivity index (χ0v) is 10.9. The summed E-state index contributed by atoms with van der Waals surface area (Å²) in [5.74, 6) is -0.914. The molecule has 2 rings (SSSR count). The molecule has 0 saturated heterocycles. The number of carbonyl (C=O) groups excluding carboxylic acids is 2. The normalized spacial score (nSPS) is 10.5. The quantitative estimate of drug-likeness (QED) is 0.801. The van der Waals surface area contributed by atoms with Crippen molar-refractivity contribution in [2.75, 3.05) is 13.7 Å². The number of hydrogen-bond donors (Lipinski definition) is 1. The minimum atomic E-state index is -0.509. The molecule has 2 aromatic heterocycles. The summed E-state index contributed by atoms with van der Waals surface area (Å²) in [5.41, 5.74) is 2.48. The standard InChI is InChI=1S/C12H14N4O3/c1-7-4-8(2)16-11(15-7)9(5-14-16)12(18)13-6-10(17)19-3/h4-5H,6H2,1-3H3,(H,13,18). The smallest absolute Gasteiger partial charge is 0.325 e. The number of hydrogen-bond acceptors (Lipinski definition) is 5. The predicted molar refractivity (Wildman–Crippen MR) is 66.8 cm³/mol. The van der Waals surface area contributed by atoms with E-state index in [1.165, 1.54) is 13.3 Å². The van der Waals surface area contributed by atoms with Gasteiger partial charge in [0.05, 0.1) is 13.3 Å². The first kappa shape index (κ1) is 13.0. The predicted octanol–water partition coefficient (Wildman–Crippen LogP) is 0.249. The molecule has 0 spiro atoms. The van der Waals surface area contributed by atoms with Crippen LogP contribution in [0.2, 0.25) is 0 Å². The number of aromatic nitrogens is 3. The van der Waals surface area contributed by atoms with E-state index in [-0.39, 0.29) is 6.54 Å². The van der Waals surface area contributed by atoms with Crippen LogP contribution in [-0.2, 0) is 9.53 Å². The van der Waals surface area contributed by atoms with Crippen LogP contribution in [0.1, 0.15) is 21.7 Å². The Labute approximate surface area is 109 Å². The summed E-state index contributed by atoms with van der Waals surface area (Å²) in [4.78, 5) is 27.2. The molecule has 7 nitrogen and oxygen atoms in total. The first-order chi connectivity index (χ1) is 9.02. The summed E-state index contributed by atoms with van der Waals surface area (Å²) in [6, 6.07) is 1.87. The van der Waals surface area contributed by atoms with E-state index in [2.05, 4.69) is 20.1 Å². The molecule has 0 aliphatic carbocycles. The molecule has 2 aromatic rings. The minimum absolute atomic E-state index is 0.183. The third kappa shape index (κ3) is 2.54. The van der Waals surface area contributed by atoms with Crippen molar-refractivity contribution in [2.24, 2.45) is 0 Å². The molecule has 0 bridgehead atoms. The van der Waals surface area contributed by atoms with Gasteiger partial charge in [0.1, 0.15) is 12.1 Å². The number of amides is 1. The van der Waals surface area contributed by atoms with Gasteiger partial charge in [0, 0.05) is 11.4 Å². The van der Waals surface area contributed by atoms with Crippen LogP contribution in [0.3, 0.4) is 0 Å². The zero-order chi connectivity index (χ0) is 14.0. The van der Waals surface area contributed by atoms with E-state index in [1.54, 1.807) is 4.52 Å². The SMILES string of the molecule is COC(=O)CNC(=O)c1cnn2c(C)cc(C)nc12. The van der Waals surface area contributed by atoms with Gasteiger partial charge in [0.25, 0.3) is 5.91 Å². The van der Waals surface area contributed by atoms with Gasteiger partial charge >= 0.3 is 5.97 Å². The van der Waals surface area contributed by atoms with Gasteiger partial charge in [-0.1, -0.05) is 0 Å². The fraction of sp³-hybridized carbons (Fsp3) is 0.333. The van der Waals surface area contributed by atoms with Crippen molar-refractivity contribution in [3.8, 4) is 0 Å². The van der Waals surface area contributed by atoms with Crippen molar-refractivity contribution in [3.63, 3.8) is 0 Å². The van der Waals surface area contributed by atoms with Crippen LogP contribution in [0, 0.1) is 13.8 Å². The lowest BCUT2D eigenvalue weighted by molar-refractivity contribution is -0.139. The lowest BCUT2D eigenvalue weighted by Crippen LogP contribution is -2.30. The molecule has 100 valence electrons. The maximum atomic E-state index is 12.0. The van der Waals surface area contributed by atoms with Crippen LogP contribution in [0.25, 0.3) is 5.65 Å². The Bertz CT molecular complexity index is 648. The van der Waals surface area contributed by atoms with E-state index in [9.17, 15) is 9.59 Å². The molecule has 1 N–H and O–H groups in total. The molecule has 0 aliphatic heterocycles. The monoisotopic (exact) mass is 262 g/mol. The maximum Gasteiger partial charge on any atom is 0.325 e. The molecule has 0 atom stereocenters. The molecular formula is C12H14N4O3. The lowest BCUT2D eigenvalue weighted by atomic mass is 10.3. The topological polar surface area (TPSA) is 85.6 Å². The van der Waals surface area contributed by atoms with Crippen LogP contribution in [-0.4, -0.2) is 40.1 Å². The third-order valence-corrected chi connectivity index (χ3v) is 2.64. The summed E-state index contributed by atoms with van der Waals surface area (Å²) in [6.07, 6.45) is 1.43. The summed E-state index contributed by atoms with van der Waals surface area (Å²) in [7, 11) is 1.26. The number of ether oxygens (including phenoxy) is 1. The number of esters is 1. The second-order valence-electron chi connectivity index (χ2n) is 4.09. The van der Waals surface area contributed by atoms with Crippen molar-refractivity contribution >= 4 is 17.5 Å². The van der Waals surface area contributed by atoms with Crippen molar-refractivity contribution in [1.29, 1.82) is 0 Å². The van der Waals surface area contributed by atoms with E-state index in [0.29, 0.717) is 11.2 Å². The van der Waals surface area contributed by atoms with Crippen LogP contribution >= 0.6 is 0 Å². The Kier molecular flexibility index (Phi) is 3.46. The Balaban J connectivity index is 2.30. The third-order valence-electron chi connectivity index (χ3n) is 2.64. The van der Waals surface area contributed by atoms with E-state index in [0.717, 1.165) is 11.4 Å². The van der Waals surface area contributed by atoms with Crippen LogP contribution in [0.5, 0.6) is 0 Å². The summed E-state index contributed by atoms with van der Waals surface area (Å²) in [5, 5.41) is 6.56. The van der Waals surface area contributed by atoms with E-state index >= 15 is 0 Å². The fourth-order valence-corrected chi connectivity index (χ4v) is 1.75. The largest absolute Gasteiger partial charge is 0.468 e. The molecule has 0 fully saturated rings. The first-order valence-corrected chi connectivity index (χ1v) is 5.70. The molecule has 19 heavy (non-hydrogen) atoms. The Hall–Kier alpha value is -2.44. The van der Waals surface area contributed by atoms with Gasteiger partial charge in [-0.25, -0.2) is 9.50 Å². The Morgan fingerprint density at radius 1 is 1.42 bits per heavy atom. The zero-order valence-electron chi connectivity index (χ0n) is 10.9. The molecule has 1 amide bonds. The first-order valence-electron chi connectivity index (χ1n) is 5.70. The highest BCUT2D eigenvalue weighted by molar-refractivity contribution is 6.00. The van der Waals surface area contributed by atoms with Gasteiger partial charge in [-0.15, -0.1) is 0 Å². The fourth-order valence-electron chi connectivity index (χ4n) is 1.75. The molecule has 0 aliphatic rings. The van der Waals surface area contributed by atoms with Gasteiger partial charge in [0.15, 0.2) is 5.65 Å². The number of rotatable bonds is 3. The summed E-state index contributed by atoms with van der Waals surface area (Å²) >= 11 is 0. The van der Waals surface area contributed by atoms with E-state index in [4.69, 9.17) is 0 Å². The molecule has 0 saturated carbocycles. The van der Waals surface area contributed by atoms with Crippen LogP contribution in [0.15, 0.2) is 12.3 Å². The number of aryl methyl sites for hydroxylation is 2. The number of fused-ring (bicyclic) bond motifs is 1. The average molecular weight is 262 g/mol. The molecule has 0 radical (unpaired) electrons. The second-order valence-corrected chi connectivity index (χ2v) is 4.09. The Morgan fingerprint density at radius 2 is 2.16 bits per heavy atom. The number of carbonyl (C=O) groups is 2. The van der Waals surface area contributed by atoms with Crippen molar-refractivity contribution in [1.82, 2.24) is 19.9 Å². The van der Waals surface area contributed by atoms with E-state index < -0.39 is 11.9 Å². The highest BCUT2D eigenvalue weighted by Gasteiger charge is 2.16. The maximum absolute atomic E-state index is 12.0. The van der Waals surface area contributed by atoms with Crippen molar-refractivity contribution in [2.45, 2.75) is 13.8 Å². The van der Waals surface area contributed by atoms with E-state index in [1.807, 2.05) is 19.9 Å². The van der Waals surface area contributed by atoms with Gasteiger partial charge in [-0.3, -0.25) is 9.59 Å². The molecule has 2 heterocycles. The number of nitrogens with one attached hydrogen (secondary N) is 1. The molecular weight excluding hydrogens is 248 g/mol. The Morgan fingerprint density at radius 3 is 2.84 bits per heavy atom. The van der Waals surface area contributed by atoms with Crippen molar-refractivity contribution < 1.29 is 14.3 Å². The van der Waals surface area contributed by atoms with Gasteiger partial charge in [-0.2, -0.15) is 5.10 Å². The lowest BCUT2D eigenvalue weighted by Gasteiger charge is -2.03. The van der Waals surface area contributed by atoms with Crippen LogP contribution in [0.4, 0.5) is 0 Å². The summed E-state index contributed by atoms with van der Waals surface area (Å²) in [6.45, 7) is 3.54. The van der Waals surface area contributed by atoms with Gasteiger partial charge < -0.3 is 10.1 Å².